The number of rotatable bonds is 7. The van der Waals surface area contributed by atoms with Crippen LogP contribution in [0.15, 0.2) is 18.2 Å². The second-order valence-corrected chi connectivity index (χ2v) is 5.33. The van der Waals surface area contributed by atoms with Crippen LogP contribution >= 0.6 is 0 Å². The van der Waals surface area contributed by atoms with Gasteiger partial charge in [0.05, 0.1) is 4.92 Å². The summed E-state index contributed by atoms with van der Waals surface area (Å²) < 4.78 is 0. The van der Waals surface area contributed by atoms with Crippen LogP contribution in [0.1, 0.15) is 37.6 Å². The molecule has 0 aliphatic carbocycles. The second kappa shape index (κ2) is 7.03. The van der Waals surface area contributed by atoms with Gasteiger partial charge in [0.1, 0.15) is 5.69 Å². The summed E-state index contributed by atoms with van der Waals surface area (Å²) in [6.07, 6.45) is 0.426. The Morgan fingerprint density at radius 1 is 1.43 bits per heavy atom. The molecule has 0 atom stereocenters. The predicted octanol–water partition coefficient (Wildman–Crippen LogP) is 1.92. The van der Waals surface area contributed by atoms with Crippen LogP contribution in [0.3, 0.4) is 0 Å². The zero-order valence-corrected chi connectivity index (χ0v) is 12.5. The van der Waals surface area contributed by atoms with Crippen molar-refractivity contribution in [2.45, 2.75) is 32.7 Å². The molecule has 1 aromatic rings. The van der Waals surface area contributed by atoms with Gasteiger partial charge in [0.25, 0.3) is 11.6 Å². The number of carbonyl (C=O) groups excluding carboxylic acids is 1. The number of carbonyl (C=O) groups is 1. The van der Waals surface area contributed by atoms with Gasteiger partial charge < -0.3 is 15.7 Å². The van der Waals surface area contributed by atoms with Gasteiger partial charge in [0.2, 0.25) is 0 Å². The summed E-state index contributed by atoms with van der Waals surface area (Å²) in [5.74, 6) is -0.282. The zero-order valence-electron chi connectivity index (χ0n) is 12.5. The van der Waals surface area contributed by atoms with Crippen LogP contribution in [-0.2, 0) is 0 Å². The van der Waals surface area contributed by atoms with Gasteiger partial charge in [-0.05, 0) is 39.3 Å². The number of nitrogens with one attached hydrogen (secondary N) is 2. The summed E-state index contributed by atoms with van der Waals surface area (Å²) in [5, 5.41) is 25.8. The van der Waals surface area contributed by atoms with Crippen LogP contribution in [0.5, 0.6) is 0 Å². The summed E-state index contributed by atoms with van der Waals surface area (Å²) in [4.78, 5) is 22.4. The standard InChI is InChI=1S/C14H21N3O4/c1-4-15-13(19)10-5-6-12(17(20)21)11(9-10)16-14(2,3)7-8-18/h5-6,9,16,18H,4,7-8H2,1-3H3,(H,15,19). The Morgan fingerprint density at radius 2 is 2.10 bits per heavy atom. The van der Waals surface area contributed by atoms with E-state index >= 15 is 0 Å². The molecule has 7 nitrogen and oxygen atoms in total. The van der Waals surface area contributed by atoms with Crippen molar-refractivity contribution in [1.82, 2.24) is 5.32 Å². The largest absolute Gasteiger partial charge is 0.396 e. The molecule has 0 heterocycles. The lowest BCUT2D eigenvalue weighted by molar-refractivity contribution is -0.384. The van der Waals surface area contributed by atoms with Gasteiger partial charge in [-0.2, -0.15) is 0 Å². The summed E-state index contributed by atoms with van der Waals surface area (Å²) >= 11 is 0. The fourth-order valence-corrected chi connectivity index (χ4v) is 1.91. The number of nitro groups is 1. The number of amides is 1. The third kappa shape index (κ3) is 4.71. The van der Waals surface area contributed by atoms with Crippen LogP contribution in [0.2, 0.25) is 0 Å². The van der Waals surface area contributed by atoms with Crippen molar-refractivity contribution >= 4 is 17.3 Å². The molecule has 0 saturated carbocycles. The lowest BCUT2D eigenvalue weighted by Crippen LogP contribution is -2.32. The lowest BCUT2D eigenvalue weighted by atomic mass is 10.00. The highest BCUT2D eigenvalue weighted by atomic mass is 16.6. The number of aliphatic hydroxyl groups excluding tert-OH is 1. The zero-order chi connectivity index (χ0) is 16.0. The molecule has 0 radical (unpaired) electrons. The number of hydrogen-bond acceptors (Lipinski definition) is 5. The maximum absolute atomic E-state index is 11.8. The first kappa shape index (κ1) is 16.9. The van der Waals surface area contributed by atoms with E-state index in [1.165, 1.54) is 18.2 Å². The van der Waals surface area contributed by atoms with Gasteiger partial charge in [-0.25, -0.2) is 0 Å². The summed E-state index contributed by atoms with van der Waals surface area (Å²) in [5.41, 5.74) is -0.0136. The Morgan fingerprint density at radius 3 is 2.62 bits per heavy atom. The first-order valence-electron chi connectivity index (χ1n) is 6.76. The summed E-state index contributed by atoms with van der Waals surface area (Å²) in [6, 6.07) is 4.19. The first-order valence-corrected chi connectivity index (χ1v) is 6.76. The molecule has 0 fully saturated rings. The van der Waals surface area contributed by atoms with E-state index in [0.29, 0.717) is 18.5 Å². The van der Waals surface area contributed by atoms with Crippen molar-refractivity contribution < 1.29 is 14.8 Å². The van der Waals surface area contributed by atoms with E-state index in [2.05, 4.69) is 10.6 Å². The third-order valence-corrected chi connectivity index (χ3v) is 3.00. The number of nitro benzene ring substituents is 1. The summed E-state index contributed by atoms with van der Waals surface area (Å²) in [7, 11) is 0. The van der Waals surface area contributed by atoms with Crippen LogP contribution in [0, 0.1) is 10.1 Å². The van der Waals surface area contributed by atoms with Gasteiger partial charge in [-0.15, -0.1) is 0 Å². The Balaban J connectivity index is 3.15. The number of benzene rings is 1. The smallest absolute Gasteiger partial charge is 0.292 e. The van der Waals surface area contributed by atoms with Crippen molar-refractivity contribution in [1.29, 1.82) is 0 Å². The quantitative estimate of drug-likeness (QED) is 0.526. The Bertz CT molecular complexity index is 529. The summed E-state index contributed by atoms with van der Waals surface area (Å²) in [6.45, 7) is 5.89. The second-order valence-electron chi connectivity index (χ2n) is 5.33. The van der Waals surface area contributed by atoms with Crippen molar-refractivity contribution in [2.24, 2.45) is 0 Å². The molecular weight excluding hydrogens is 274 g/mol. The van der Waals surface area contributed by atoms with E-state index in [0.717, 1.165) is 0 Å². The molecule has 1 rings (SSSR count). The molecule has 0 spiro atoms. The fraction of sp³-hybridized carbons (Fsp3) is 0.500. The van der Waals surface area contributed by atoms with Gasteiger partial charge in [0.15, 0.2) is 0 Å². The van der Waals surface area contributed by atoms with Gasteiger partial charge in [0, 0.05) is 30.3 Å². The molecule has 0 bridgehead atoms. The topological polar surface area (TPSA) is 104 Å². The highest BCUT2D eigenvalue weighted by Crippen LogP contribution is 2.29. The average Bonchev–Trinajstić information content (AvgIpc) is 2.37. The SMILES string of the molecule is CCNC(=O)c1ccc([N+](=O)[O-])c(NC(C)(C)CCO)c1. The maximum Gasteiger partial charge on any atom is 0.292 e. The van der Waals surface area contributed by atoms with Crippen molar-refractivity contribution in [3.8, 4) is 0 Å². The highest BCUT2D eigenvalue weighted by molar-refractivity contribution is 5.95. The monoisotopic (exact) mass is 295 g/mol. The average molecular weight is 295 g/mol. The van der Waals surface area contributed by atoms with Gasteiger partial charge in [-0.3, -0.25) is 14.9 Å². The molecular formula is C14H21N3O4. The van der Waals surface area contributed by atoms with E-state index in [1.807, 2.05) is 13.8 Å². The van der Waals surface area contributed by atoms with Crippen molar-refractivity contribution in [3.63, 3.8) is 0 Å². The minimum Gasteiger partial charge on any atom is -0.396 e. The van der Waals surface area contributed by atoms with Crippen LogP contribution in [-0.4, -0.2) is 34.6 Å². The highest BCUT2D eigenvalue weighted by Gasteiger charge is 2.23. The molecule has 0 unspecified atom stereocenters. The maximum atomic E-state index is 11.8. The number of hydrogen-bond donors (Lipinski definition) is 3. The molecule has 21 heavy (non-hydrogen) atoms. The van der Waals surface area contributed by atoms with Crippen LogP contribution in [0.25, 0.3) is 0 Å². The Labute approximate surface area is 123 Å². The van der Waals surface area contributed by atoms with E-state index in [-0.39, 0.29) is 23.9 Å². The lowest BCUT2D eigenvalue weighted by Gasteiger charge is -2.26. The molecule has 0 saturated heterocycles. The molecule has 0 aromatic heterocycles. The number of aliphatic hydroxyl groups is 1. The van der Waals surface area contributed by atoms with Gasteiger partial charge in [-0.1, -0.05) is 0 Å². The molecule has 7 heteroatoms. The van der Waals surface area contributed by atoms with E-state index in [1.54, 1.807) is 6.92 Å². The van der Waals surface area contributed by atoms with Crippen LogP contribution in [0.4, 0.5) is 11.4 Å². The fourth-order valence-electron chi connectivity index (χ4n) is 1.91. The van der Waals surface area contributed by atoms with E-state index in [9.17, 15) is 14.9 Å². The van der Waals surface area contributed by atoms with E-state index in [4.69, 9.17) is 5.11 Å². The Hall–Kier alpha value is -2.15. The number of nitrogens with zero attached hydrogens (tertiary/aromatic N) is 1. The molecule has 0 aliphatic heterocycles. The van der Waals surface area contributed by atoms with Gasteiger partial charge >= 0.3 is 0 Å². The van der Waals surface area contributed by atoms with Crippen molar-refractivity contribution in [3.05, 3.63) is 33.9 Å². The Kier molecular flexibility index (Phi) is 5.66. The predicted molar refractivity (Wildman–Crippen MR) is 80.5 cm³/mol. The molecule has 0 aliphatic rings. The first-order chi connectivity index (χ1) is 9.80. The minimum atomic E-state index is -0.528. The normalized spacial score (nSPS) is 11.0. The third-order valence-electron chi connectivity index (χ3n) is 3.00. The van der Waals surface area contributed by atoms with Crippen molar-refractivity contribution in [2.75, 3.05) is 18.5 Å². The number of anilines is 1. The molecule has 1 aromatic carbocycles. The molecule has 3 N–H and O–H groups in total. The van der Waals surface area contributed by atoms with E-state index < -0.39 is 10.5 Å². The molecule has 116 valence electrons. The molecule has 1 amide bonds. The minimum absolute atomic E-state index is 0.0379. The van der Waals surface area contributed by atoms with Crippen LogP contribution < -0.4 is 10.6 Å².